The molecule has 2 heterocycles. The second-order valence-electron chi connectivity index (χ2n) is 4.78. The molecule has 1 aliphatic rings. The molecule has 0 radical (unpaired) electrons. The minimum atomic E-state index is 0. The van der Waals surface area contributed by atoms with Crippen LogP contribution in [0, 0.1) is 0 Å². The van der Waals surface area contributed by atoms with Crippen molar-refractivity contribution in [3.8, 4) is 11.1 Å². The van der Waals surface area contributed by atoms with Gasteiger partial charge >= 0.3 is 0 Å². The van der Waals surface area contributed by atoms with Crippen molar-refractivity contribution in [2.24, 2.45) is 0 Å². The molecule has 0 saturated carbocycles. The van der Waals surface area contributed by atoms with Gasteiger partial charge in [0.15, 0.2) is 0 Å². The van der Waals surface area contributed by atoms with Gasteiger partial charge in [0.1, 0.15) is 0 Å². The highest BCUT2D eigenvalue weighted by Gasteiger charge is 2.22. The number of aromatic nitrogens is 1. The Morgan fingerprint density at radius 2 is 1.95 bits per heavy atom. The van der Waals surface area contributed by atoms with Gasteiger partial charge in [-0.05, 0) is 47.9 Å². The van der Waals surface area contributed by atoms with Crippen molar-refractivity contribution in [1.82, 2.24) is 10.3 Å². The monoisotopic (exact) mass is 326 g/mol. The molecule has 5 heteroatoms. The number of pyridine rings is 1. The quantitative estimate of drug-likeness (QED) is 0.938. The number of halogens is 2. The standard InChI is InChI=1S/C16H18N2O.2ClH/c1-17-11-16-15-4-2-3-13(14(15)7-10-19-16)12-5-8-18-9-6-12;;/h2-6,8-9,16-17H,7,10-11H2,1H3;2*1H. The molecule has 3 nitrogen and oxygen atoms in total. The van der Waals surface area contributed by atoms with Gasteiger partial charge in [-0.2, -0.15) is 0 Å². The number of hydrogen-bond donors (Lipinski definition) is 1. The molecule has 3 rings (SSSR count). The molecule has 0 bridgehead atoms. The third-order valence-electron chi connectivity index (χ3n) is 3.61. The molecule has 1 aliphatic heterocycles. The lowest BCUT2D eigenvalue weighted by Gasteiger charge is -2.27. The summed E-state index contributed by atoms with van der Waals surface area (Å²) in [5.41, 5.74) is 5.27. The van der Waals surface area contributed by atoms with E-state index in [2.05, 4.69) is 40.6 Å². The van der Waals surface area contributed by atoms with Crippen molar-refractivity contribution >= 4 is 24.8 Å². The highest BCUT2D eigenvalue weighted by molar-refractivity contribution is 5.85. The summed E-state index contributed by atoms with van der Waals surface area (Å²) < 4.78 is 5.86. The zero-order valence-corrected chi connectivity index (χ0v) is 13.5. The van der Waals surface area contributed by atoms with E-state index in [0.29, 0.717) is 0 Å². The first-order valence-corrected chi connectivity index (χ1v) is 6.68. The van der Waals surface area contributed by atoms with E-state index in [-0.39, 0.29) is 30.9 Å². The SMILES string of the molecule is CNCC1OCCc2c(-c3ccncc3)cccc21.Cl.Cl. The van der Waals surface area contributed by atoms with E-state index in [4.69, 9.17) is 4.74 Å². The number of nitrogens with zero attached hydrogens (tertiary/aromatic N) is 1. The Balaban J connectivity index is 0.00000110. The summed E-state index contributed by atoms with van der Waals surface area (Å²) in [6.45, 7) is 1.65. The number of ether oxygens (including phenoxy) is 1. The molecule has 1 unspecified atom stereocenters. The maximum Gasteiger partial charge on any atom is 0.0952 e. The van der Waals surface area contributed by atoms with Crippen LogP contribution in [0.5, 0.6) is 0 Å². The molecule has 0 fully saturated rings. The van der Waals surface area contributed by atoms with Gasteiger partial charge < -0.3 is 10.1 Å². The lowest BCUT2D eigenvalue weighted by Crippen LogP contribution is -2.25. The van der Waals surface area contributed by atoms with Gasteiger partial charge in [-0.3, -0.25) is 4.98 Å². The van der Waals surface area contributed by atoms with Crippen molar-refractivity contribution in [1.29, 1.82) is 0 Å². The smallest absolute Gasteiger partial charge is 0.0952 e. The fourth-order valence-electron chi connectivity index (χ4n) is 2.73. The lowest BCUT2D eigenvalue weighted by atomic mass is 9.90. The summed E-state index contributed by atoms with van der Waals surface area (Å²) >= 11 is 0. The summed E-state index contributed by atoms with van der Waals surface area (Å²) in [7, 11) is 1.96. The molecule has 0 amide bonds. The van der Waals surface area contributed by atoms with E-state index in [9.17, 15) is 0 Å². The maximum absolute atomic E-state index is 5.86. The second-order valence-corrected chi connectivity index (χ2v) is 4.78. The van der Waals surface area contributed by atoms with E-state index >= 15 is 0 Å². The Morgan fingerprint density at radius 3 is 2.67 bits per heavy atom. The largest absolute Gasteiger partial charge is 0.372 e. The fraction of sp³-hybridized carbons (Fsp3) is 0.312. The van der Waals surface area contributed by atoms with Crippen LogP contribution in [0.4, 0.5) is 0 Å². The van der Waals surface area contributed by atoms with Crippen molar-refractivity contribution in [3.63, 3.8) is 0 Å². The zero-order chi connectivity index (χ0) is 13.1. The summed E-state index contributed by atoms with van der Waals surface area (Å²) in [6.07, 6.45) is 4.84. The van der Waals surface area contributed by atoms with Gasteiger partial charge in [-0.1, -0.05) is 18.2 Å². The molecule has 2 aromatic rings. The van der Waals surface area contributed by atoms with E-state index in [1.165, 1.54) is 22.3 Å². The first-order valence-electron chi connectivity index (χ1n) is 6.68. The average molecular weight is 327 g/mol. The maximum atomic E-state index is 5.86. The minimum Gasteiger partial charge on any atom is -0.372 e. The minimum absolute atomic E-state index is 0. The number of likely N-dealkylation sites (N-methyl/N-ethyl adjacent to an activating group) is 1. The number of rotatable bonds is 3. The molecule has 1 aromatic carbocycles. The topological polar surface area (TPSA) is 34.1 Å². The van der Waals surface area contributed by atoms with E-state index in [1.807, 2.05) is 19.4 Å². The van der Waals surface area contributed by atoms with Crippen LogP contribution in [0.15, 0.2) is 42.7 Å². The first kappa shape index (κ1) is 17.9. The van der Waals surface area contributed by atoms with Crippen molar-refractivity contribution in [3.05, 3.63) is 53.9 Å². The normalized spacial score (nSPS) is 16.3. The molecule has 1 atom stereocenters. The Labute approximate surface area is 137 Å². The molecular formula is C16H20Cl2N2O. The molecule has 0 saturated heterocycles. The van der Waals surface area contributed by atoms with E-state index in [0.717, 1.165) is 19.6 Å². The van der Waals surface area contributed by atoms with E-state index in [1.54, 1.807) is 0 Å². The van der Waals surface area contributed by atoms with Crippen LogP contribution in [0.25, 0.3) is 11.1 Å². The lowest BCUT2D eigenvalue weighted by molar-refractivity contribution is 0.0440. The third-order valence-corrected chi connectivity index (χ3v) is 3.61. The summed E-state index contributed by atoms with van der Waals surface area (Å²) in [4.78, 5) is 4.09. The number of benzene rings is 1. The van der Waals surface area contributed by atoms with Crippen LogP contribution in [0.1, 0.15) is 17.2 Å². The molecule has 21 heavy (non-hydrogen) atoms. The average Bonchev–Trinajstić information content (AvgIpc) is 2.48. The molecule has 0 spiro atoms. The van der Waals surface area contributed by atoms with Gasteiger partial charge in [0.05, 0.1) is 12.7 Å². The van der Waals surface area contributed by atoms with Gasteiger partial charge in [-0.25, -0.2) is 0 Å². The molecule has 1 N–H and O–H groups in total. The molecular weight excluding hydrogens is 307 g/mol. The third kappa shape index (κ3) is 3.74. The Morgan fingerprint density at radius 1 is 1.19 bits per heavy atom. The Hall–Kier alpha value is -1.13. The van der Waals surface area contributed by atoms with Gasteiger partial charge in [-0.15, -0.1) is 24.8 Å². The van der Waals surface area contributed by atoms with Crippen LogP contribution in [0.2, 0.25) is 0 Å². The fourth-order valence-corrected chi connectivity index (χ4v) is 2.73. The van der Waals surface area contributed by atoms with Gasteiger partial charge in [0.2, 0.25) is 0 Å². The summed E-state index contributed by atoms with van der Waals surface area (Å²) in [6, 6.07) is 10.6. The number of fused-ring (bicyclic) bond motifs is 1. The predicted octanol–water partition coefficient (Wildman–Crippen LogP) is 3.43. The summed E-state index contributed by atoms with van der Waals surface area (Å²) in [5, 5.41) is 3.20. The van der Waals surface area contributed by atoms with Crippen LogP contribution >= 0.6 is 24.8 Å². The van der Waals surface area contributed by atoms with Crippen LogP contribution < -0.4 is 5.32 Å². The van der Waals surface area contributed by atoms with Crippen molar-refractivity contribution in [2.45, 2.75) is 12.5 Å². The molecule has 0 aliphatic carbocycles. The van der Waals surface area contributed by atoms with Gasteiger partial charge in [0.25, 0.3) is 0 Å². The molecule has 114 valence electrons. The highest BCUT2D eigenvalue weighted by atomic mass is 35.5. The second kappa shape index (κ2) is 8.35. The van der Waals surface area contributed by atoms with Crippen molar-refractivity contribution in [2.75, 3.05) is 20.2 Å². The van der Waals surface area contributed by atoms with Crippen LogP contribution in [-0.2, 0) is 11.2 Å². The number of nitrogens with one attached hydrogen (secondary N) is 1. The molecule has 1 aromatic heterocycles. The zero-order valence-electron chi connectivity index (χ0n) is 11.9. The summed E-state index contributed by atoms with van der Waals surface area (Å²) in [5.74, 6) is 0. The highest BCUT2D eigenvalue weighted by Crippen LogP contribution is 2.33. The van der Waals surface area contributed by atoms with Crippen LogP contribution in [0.3, 0.4) is 0 Å². The Kier molecular flexibility index (Phi) is 7.12. The van der Waals surface area contributed by atoms with E-state index < -0.39 is 0 Å². The first-order chi connectivity index (χ1) is 9.40. The predicted molar refractivity (Wildman–Crippen MR) is 90.5 cm³/mol. The van der Waals surface area contributed by atoms with Crippen LogP contribution in [-0.4, -0.2) is 25.2 Å². The van der Waals surface area contributed by atoms with Crippen molar-refractivity contribution < 1.29 is 4.74 Å². The Bertz CT molecular complexity index is 563. The van der Waals surface area contributed by atoms with Gasteiger partial charge in [0, 0.05) is 18.9 Å². The number of hydrogen-bond acceptors (Lipinski definition) is 3.